The average molecular weight is 439 g/mol. The fraction of sp³-hybridized carbons (Fsp3) is 0.222. The van der Waals surface area contributed by atoms with Crippen molar-refractivity contribution in [1.29, 1.82) is 0 Å². The number of hydrogen-bond donors (Lipinski definition) is 0. The minimum Gasteiger partial charge on any atom is -0.497 e. The van der Waals surface area contributed by atoms with E-state index in [0.29, 0.717) is 18.7 Å². The van der Waals surface area contributed by atoms with Crippen LogP contribution in [0.4, 0.5) is 5.69 Å². The second-order valence-corrected chi connectivity index (χ2v) is 8.29. The summed E-state index contributed by atoms with van der Waals surface area (Å²) in [5.41, 5.74) is 5.43. The SMILES string of the molecule is COc1ccc(N2CCN(C(=O)c3cc(-c4cccnc4)nc4ccc(C)cc34)CC2)cc1. The molecule has 2 aromatic carbocycles. The highest BCUT2D eigenvalue weighted by Crippen LogP contribution is 2.27. The van der Waals surface area contributed by atoms with Gasteiger partial charge in [0.2, 0.25) is 0 Å². The number of carbonyl (C=O) groups excluding carboxylic acids is 1. The van der Waals surface area contributed by atoms with E-state index in [9.17, 15) is 4.79 Å². The number of ether oxygens (including phenoxy) is 1. The number of methoxy groups -OCH3 is 1. The molecule has 0 radical (unpaired) electrons. The number of fused-ring (bicyclic) bond motifs is 1. The summed E-state index contributed by atoms with van der Waals surface area (Å²) in [4.78, 5) is 27.0. The van der Waals surface area contributed by atoms with Gasteiger partial charge in [0.05, 0.1) is 23.9 Å². The van der Waals surface area contributed by atoms with E-state index in [0.717, 1.165) is 52.3 Å². The summed E-state index contributed by atoms with van der Waals surface area (Å²) >= 11 is 0. The molecule has 1 fully saturated rings. The molecule has 33 heavy (non-hydrogen) atoms. The van der Waals surface area contributed by atoms with E-state index in [1.165, 1.54) is 0 Å². The molecule has 3 heterocycles. The third-order valence-corrected chi connectivity index (χ3v) is 6.16. The Morgan fingerprint density at radius 2 is 1.76 bits per heavy atom. The highest BCUT2D eigenvalue weighted by molar-refractivity contribution is 6.07. The van der Waals surface area contributed by atoms with Gasteiger partial charge in [-0.2, -0.15) is 0 Å². The summed E-state index contributed by atoms with van der Waals surface area (Å²) in [6.45, 7) is 4.95. The fourth-order valence-electron chi connectivity index (χ4n) is 4.31. The van der Waals surface area contributed by atoms with Gasteiger partial charge in [-0.15, -0.1) is 0 Å². The number of carbonyl (C=O) groups is 1. The van der Waals surface area contributed by atoms with Gasteiger partial charge in [-0.25, -0.2) is 4.98 Å². The lowest BCUT2D eigenvalue weighted by Gasteiger charge is -2.36. The molecule has 0 unspecified atom stereocenters. The summed E-state index contributed by atoms with van der Waals surface area (Å²) in [6.07, 6.45) is 3.52. The number of piperazine rings is 1. The maximum atomic E-state index is 13.7. The molecule has 0 spiro atoms. The van der Waals surface area contributed by atoms with Crippen LogP contribution in [0.5, 0.6) is 5.75 Å². The Bertz CT molecular complexity index is 1280. The average Bonchev–Trinajstić information content (AvgIpc) is 2.88. The predicted molar refractivity (Wildman–Crippen MR) is 131 cm³/mol. The summed E-state index contributed by atoms with van der Waals surface area (Å²) in [6, 6.07) is 19.9. The molecule has 4 aromatic rings. The van der Waals surface area contributed by atoms with Gasteiger partial charge in [0, 0.05) is 55.2 Å². The highest BCUT2D eigenvalue weighted by atomic mass is 16.5. The van der Waals surface area contributed by atoms with E-state index in [1.54, 1.807) is 19.5 Å². The van der Waals surface area contributed by atoms with Crippen molar-refractivity contribution in [3.63, 3.8) is 0 Å². The third kappa shape index (κ3) is 4.24. The van der Waals surface area contributed by atoms with Gasteiger partial charge in [-0.3, -0.25) is 9.78 Å². The molecule has 166 valence electrons. The minimum atomic E-state index is 0.0486. The Balaban J connectivity index is 1.42. The maximum absolute atomic E-state index is 13.7. The van der Waals surface area contributed by atoms with Crippen LogP contribution in [-0.2, 0) is 0 Å². The van der Waals surface area contributed by atoms with Crippen molar-refractivity contribution in [3.05, 3.63) is 84.2 Å². The third-order valence-electron chi connectivity index (χ3n) is 6.16. The van der Waals surface area contributed by atoms with Crippen LogP contribution in [0.3, 0.4) is 0 Å². The Hall–Kier alpha value is -3.93. The zero-order valence-corrected chi connectivity index (χ0v) is 18.9. The largest absolute Gasteiger partial charge is 0.497 e. The molecule has 1 aliphatic rings. The van der Waals surface area contributed by atoms with Crippen LogP contribution in [0.1, 0.15) is 15.9 Å². The number of aromatic nitrogens is 2. The summed E-state index contributed by atoms with van der Waals surface area (Å²) in [5, 5.41) is 0.894. The van der Waals surface area contributed by atoms with Gasteiger partial charge < -0.3 is 14.5 Å². The Morgan fingerprint density at radius 3 is 2.45 bits per heavy atom. The smallest absolute Gasteiger partial charge is 0.254 e. The zero-order chi connectivity index (χ0) is 22.8. The maximum Gasteiger partial charge on any atom is 0.254 e. The first-order valence-electron chi connectivity index (χ1n) is 11.1. The molecule has 6 nitrogen and oxygen atoms in total. The van der Waals surface area contributed by atoms with Crippen molar-refractivity contribution in [1.82, 2.24) is 14.9 Å². The number of aryl methyl sites for hydroxylation is 1. The van der Waals surface area contributed by atoms with Gasteiger partial charge in [-0.1, -0.05) is 11.6 Å². The van der Waals surface area contributed by atoms with Gasteiger partial charge >= 0.3 is 0 Å². The Morgan fingerprint density at radius 1 is 0.970 bits per heavy atom. The standard InChI is InChI=1S/C27H26N4O2/c1-19-5-10-25-23(16-19)24(17-26(29-25)20-4-3-11-28-18-20)27(32)31-14-12-30(13-15-31)21-6-8-22(33-2)9-7-21/h3-11,16-18H,12-15H2,1-2H3. The summed E-state index contributed by atoms with van der Waals surface area (Å²) in [7, 11) is 1.67. The van der Waals surface area contributed by atoms with Crippen molar-refractivity contribution in [3.8, 4) is 17.0 Å². The molecule has 0 atom stereocenters. The second kappa shape index (κ2) is 8.90. The molecule has 1 aliphatic heterocycles. The molecular weight excluding hydrogens is 412 g/mol. The summed E-state index contributed by atoms with van der Waals surface area (Å²) < 4.78 is 5.26. The van der Waals surface area contributed by atoms with Crippen molar-refractivity contribution >= 4 is 22.5 Å². The zero-order valence-electron chi connectivity index (χ0n) is 18.9. The van der Waals surface area contributed by atoms with Crippen LogP contribution in [0.15, 0.2) is 73.1 Å². The van der Waals surface area contributed by atoms with Gasteiger partial charge in [0.15, 0.2) is 0 Å². The van der Waals surface area contributed by atoms with Crippen molar-refractivity contribution in [2.24, 2.45) is 0 Å². The normalized spacial score (nSPS) is 13.9. The first kappa shape index (κ1) is 20.9. The van der Waals surface area contributed by atoms with E-state index in [-0.39, 0.29) is 5.91 Å². The molecular formula is C27H26N4O2. The van der Waals surface area contributed by atoms with Crippen LogP contribution in [-0.4, -0.2) is 54.1 Å². The van der Waals surface area contributed by atoms with Crippen LogP contribution in [0.25, 0.3) is 22.2 Å². The second-order valence-electron chi connectivity index (χ2n) is 8.29. The first-order valence-corrected chi connectivity index (χ1v) is 11.1. The topological polar surface area (TPSA) is 58.6 Å². The molecule has 1 amide bonds. The quantitative estimate of drug-likeness (QED) is 0.467. The monoisotopic (exact) mass is 438 g/mol. The van der Waals surface area contributed by atoms with Gasteiger partial charge in [0.1, 0.15) is 5.75 Å². The lowest BCUT2D eigenvalue weighted by atomic mass is 10.0. The number of pyridine rings is 2. The van der Waals surface area contributed by atoms with Gasteiger partial charge in [0.25, 0.3) is 5.91 Å². The van der Waals surface area contributed by atoms with Crippen molar-refractivity contribution < 1.29 is 9.53 Å². The number of hydrogen-bond acceptors (Lipinski definition) is 5. The molecule has 6 heteroatoms. The van der Waals surface area contributed by atoms with E-state index < -0.39 is 0 Å². The first-order chi connectivity index (χ1) is 16.1. The number of anilines is 1. The number of rotatable bonds is 4. The molecule has 5 rings (SSSR count). The van der Waals surface area contributed by atoms with E-state index >= 15 is 0 Å². The molecule has 0 N–H and O–H groups in total. The van der Waals surface area contributed by atoms with Crippen LogP contribution >= 0.6 is 0 Å². The molecule has 0 bridgehead atoms. The van der Waals surface area contributed by atoms with E-state index in [2.05, 4.69) is 28.1 Å². The lowest BCUT2D eigenvalue weighted by Crippen LogP contribution is -2.48. The van der Waals surface area contributed by atoms with Gasteiger partial charge in [-0.05, 0) is 61.5 Å². The van der Waals surface area contributed by atoms with Crippen molar-refractivity contribution in [2.75, 3.05) is 38.2 Å². The van der Waals surface area contributed by atoms with E-state index in [4.69, 9.17) is 9.72 Å². The minimum absolute atomic E-state index is 0.0486. The molecule has 1 saturated heterocycles. The van der Waals surface area contributed by atoms with E-state index in [1.807, 2.05) is 54.3 Å². The highest BCUT2D eigenvalue weighted by Gasteiger charge is 2.24. The summed E-state index contributed by atoms with van der Waals surface area (Å²) in [5.74, 6) is 0.893. The predicted octanol–water partition coefficient (Wildman–Crippen LogP) is 4.58. The Kier molecular flexibility index (Phi) is 5.65. The number of amides is 1. The molecule has 2 aromatic heterocycles. The number of benzene rings is 2. The lowest BCUT2D eigenvalue weighted by molar-refractivity contribution is 0.0748. The molecule has 0 saturated carbocycles. The van der Waals surface area contributed by atoms with Crippen LogP contribution in [0, 0.1) is 6.92 Å². The number of nitrogens with zero attached hydrogens (tertiary/aromatic N) is 4. The van der Waals surface area contributed by atoms with Crippen LogP contribution < -0.4 is 9.64 Å². The van der Waals surface area contributed by atoms with Crippen LogP contribution in [0.2, 0.25) is 0 Å². The molecule has 0 aliphatic carbocycles. The van der Waals surface area contributed by atoms with Crippen molar-refractivity contribution in [2.45, 2.75) is 6.92 Å². The Labute approximate surface area is 193 Å². The fourth-order valence-corrected chi connectivity index (χ4v) is 4.31.